The standard InChI is InChI=1S/C19H19N3O3/c1-12-17(13(2)25-21-12)19(23)22-10-8-15(11-22)24-16-7-3-5-14-6-4-9-20-18(14)16/h3-7,9,15H,8,10-11H2,1-2H3/t15-/m1/s1. The van der Waals surface area contributed by atoms with Gasteiger partial charge in [-0.25, -0.2) is 0 Å². The second-order valence-corrected chi connectivity index (χ2v) is 6.31. The minimum atomic E-state index is -0.0444. The van der Waals surface area contributed by atoms with Crippen LogP contribution in [0.4, 0.5) is 0 Å². The van der Waals surface area contributed by atoms with E-state index in [1.807, 2.05) is 30.3 Å². The molecule has 1 amide bonds. The Morgan fingerprint density at radius 1 is 1.28 bits per heavy atom. The summed E-state index contributed by atoms with van der Waals surface area (Å²) in [6, 6.07) is 9.81. The van der Waals surface area contributed by atoms with Crippen LogP contribution in [0.15, 0.2) is 41.1 Å². The number of hydrogen-bond acceptors (Lipinski definition) is 5. The van der Waals surface area contributed by atoms with Crippen molar-refractivity contribution in [3.05, 3.63) is 53.5 Å². The van der Waals surface area contributed by atoms with Gasteiger partial charge in [-0.1, -0.05) is 23.4 Å². The highest BCUT2D eigenvalue weighted by Crippen LogP contribution is 2.27. The summed E-state index contributed by atoms with van der Waals surface area (Å²) in [7, 11) is 0. The van der Waals surface area contributed by atoms with Gasteiger partial charge in [0.2, 0.25) is 0 Å². The smallest absolute Gasteiger partial charge is 0.259 e. The lowest BCUT2D eigenvalue weighted by Gasteiger charge is -2.17. The SMILES string of the molecule is Cc1noc(C)c1C(=O)N1CC[C@@H](Oc2cccc3cccnc23)C1. The van der Waals surface area contributed by atoms with E-state index in [1.165, 1.54) is 0 Å². The monoisotopic (exact) mass is 337 g/mol. The van der Waals surface area contributed by atoms with Gasteiger partial charge in [-0.3, -0.25) is 9.78 Å². The number of para-hydroxylation sites is 1. The highest BCUT2D eigenvalue weighted by molar-refractivity contribution is 5.96. The van der Waals surface area contributed by atoms with Crippen LogP contribution in [0.25, 0.3) is 10.9 Å². The molecule has 1 aromatic carbocycles. The van der Waals surface area contributed by atoms with Gasteiger partial charge in [-0.05, 0) is 26.0 Å². The van der Waals surface area contributed by atoms with Crippen molar-refractivity contribution in [2.45, 2.75) is 26.4 Å². The lowest BCUT2D eigenvalue weighted by atomic mass is 10.2. The zero-order valence-electron chi connectivity index (χ0n) is 14.2. The molecule has 128 valence electrons. The molecule has 0 radical (unpaired) electrons. The third-order valence-electron chi connectivity index (χ3n) is 4.57. The number of hydrogen-bond donors (Lipinski definition) is 0. The first-order chi connectivity index (χ1) is 12.1. The molecule has 0 unspecified atom stereocenters. The van der Waals surface area contributed by atoms with Crippen molar-refractivity contribution < 1.29 is 14.1 Å². The van der Waals surface area contributed by atoms with Crippen molar-refractivity contribution in [2.75, 3.05) is 13.1 Å². The fraction of sp³-hybridized carbons (Fsp3) is 0.316. The predicted octanol–water partition coefficient (Wildman–Crippen LogP) is 3.13. The number of carbonyl (C=O) groups excluding carboxylic acids is 1. The quantitative estimate of drug-likeness (QED) is 0.734. The Morgan fingerprint density at radius 2 is 2.12 bits per heavy atom. The number of rotatable bonds is 3. The normalized spacial score (nSPS) is 17.2. The van der Waals surface area contributed by atoms with Crippen molar-refractivity contribution in [1.82, 2.24) is 15.0 Å². The summed E-state index contributed by atoms with van der Waals surface area (Å²) in [4.78, 5) is 18.9. The van der Waals surface area contributed by atoms with E-state index >= 15 is 0 Å². The van der Waals surface area contributed by atoms with Crippen LogP contribution in [-0.4, -0.2) is 40.1 Å². The minimum Gasteiger partial charge on any atom is -0.486 e. The van der Waals surface area contributed by atoms with Gasteiger partial charge in [0.25, 0.3) is 5.91 Å². The number of likely N-dealkylation sites (tertiary alicyclic amines) is 1. The molecule has 1 aliphatic heterocycles. The molecule has 4 rings (SSSR count). The molecular weight excluding hydrogens is 318 g/mol. The highest BCUT2D eigenvalue weighted by atomic mass is 16.5. The third-order valence-corrected chi connectivity index (χ3v) is 4.57. The first-order valence-corrected chi connectivity index (χ1v) is 8.36. The Kier molecular flexibility index (Phi) is 3.87. The van der Waals surface area contributed by atoms with Gasteiger partial charge in [0.15, 0.2) is 0 Å². The average molecular weight is 337 g/mol. The Bertz CT molecular complexity index is 910. The number of fused-ring (bicyclic) bond motifs is 1. The van der Waals surface area contributed by atoms with Crippen LogP contribution >= 0.6 is 0 Å². The Balaban J connectivity index is 1.50. The van der Waals surface area contributed by atoms with Crippen LogP contribution in [0.3, 0.4) is 0 Å². The first kappa shape index (κ1) is 15.6. The Hall–Kier alpha value is -2.89. The molecule has 25 heavy (non-hydrogen) atoms. The van der Waals surface area contributed by atoms with Crippen LogP contribution in [0.5, 0.6) is 5.75 Å². The van der Waals surface area contributed by atoms with Crippen LogP contribution in [0.2, 0.25) is 0 Å². The highest BCUT2D eigenvalue weighted by Gasteiger charge is 2.31. The maximum atomic E-state index is 12.7. The summed E-state index contributed by atoms with van der Waals surface area (Å²) < 4.78 is 11.3. The molecule has 0 aliphatic carbocycles. The number of pyridine rings is 1. The Labute approximate surface area is 145 Å². The van der Waals surface area contributed by atoms with Gasteiger partial charge in [0, 0.05) is 24.5 Å². The Morgan fingerprint density at radius 3 is 2.92 bits per heavy atom. The molecule has 1 atom stereocenters. The number of benzene rings is 1. The van der Waals surface area contributed by atoms with E-state index in [9.17, 15) is 4.79 Å². The second kappa shape index (κ2) is 6.20. The summed E-state index contributed by atoms with van der Waals surface area (Å²) in [5, 5.41) is 4.91. The van der Waals surface area contributed by atoms with Crippen LogP contribution in [0.1, 0.15) is 28.2 Å². The number of ether oxygens (including phenoxy) is 1. The largest absolute Gasteiger partial charge is 0.486 e. The van der Waals surface area contributed by atoms with Gasteiger partial charge in [-0.15, -0.1) is 0 Å². The van der Waals surface area contributed by atoms with E-state index < -0.39 is 0 Å². The van der Waals surface area contributed by atoms with E-state index in [4.69, 9.17) is 9.26 Å². The molecule has 0 N–H and O–H groups in total. The van der Waals surface area contributed by atoms with Gasteiger partial charge in [0.05, 0.1) is 12.2 Å². The molecule has 0 bridgehead atoms. The number of amides is 1. The molecule has 3 heterocycles. The number of nitrogens with zero attached hydrogens (tertiary/aromatic N) is 3. The van der Waals surface area contributed by atoms with Crippen molar-refractivity contribution in [1.29, 1.82) is 0 Å². The van der Waals surface area contributed by atoms with E-state index in [-0.39, 0.29) is 12.0 Å². The average Bonchev–Trinajstić information content (AvgIpc) is 3.22. The topological polar surface area (TPSA) is 68.5 Å². The fourth-order valence-corrected chi connectivity index (χ4v) is 3.31. The summed E-state index contributed by atoms with van der Waals surface area (Å²) >= 11 is 0. The number of carbonyl (C=O) groups is 1. The zero-order valence-corrected chi connectivity index (χ0v) is 14.2. The zero-order chi connectivity index (χ0) is 17.4. The van der Waals surface area contributed by atoms with Gasteiger partial charge < -0.3 is 14.2 Å². The van der Waals surface area contributed by atoms with Crippen LogP contribution < -0.4 is 4.74 Å². The summed E-state index contributed by atoms with van der Waals surface area (Å²) in [5.41, 5.74) is 2.04. The maximum Gasteiger partial charge on any atom is 0.259 e. The lowest BCUT2D eigenvalue weighted by molar-refractivity contribution is 0.0770. The van der Waals surface area contributed by atoms with E-state index in [0.29, 0.717) is 30.1 Å². The van der Waals surface area contributed by atoms with Crippen molar-refractivity contribution in [3.63, 3.8) is 0 Å². The molecule has 0 spiro atoms. The van der Waals surface area contributed by atoms with Crippen LogP contribution in [-0.2, 0) is 0 Å². The minimum absolute atomic E-state index is 0.0432. The number of aryl methyl sites for hydroxylation is 2. The molecule has 6 nitrogen and oxygen atoms in total. The second-order valence-electron chi connectivity index (χ2n) is 6.31. The predicted molar refractivity (Wildman–Crippen MR) is 92.7 cm³/mol. The molecule has 6 heteroatoms. The van der Waals surface area contributed by atoms with Crippen molar-refractivity contribution in [2.24, 2.45) is 0 Å². The molecule has 0 saturated carbocycles. The fourth-order valence-electron chi connectivity index (χ4n) is 3.31. The molecular formula is C19H19N3O3. The van der Waals surface area contributed by atoms with E-state index in [0.717, 1.165) is 23.1 Å². The van der Waals surface area contributed by atoms with Crippen molar-refractivity contribution in [3.8, 4) is 5.75 Å². The molecule has 1 aliphatic rings. The van der Waals surface area contributed by atoms with Gasteiger partial charge in [-0.2, -0.15) is 0 Å². The van der Waals surface area contributed by atoms with Crippen LogP contribution in [0, 0.1) is 13.8 Å². The van der Waals surface area contributed by atoms with Gasteiger partial charge >= 0.3 is 0 Å². The summed E-state index contributed by atoms with van der Waals surface area (Å²) in [6.07, 6.45) is 2.51. The number of aromatic nitrogens is 2. The first-order valence-electron chi connectivity index (χ1n) is 8.36. The lowest BCUT2D eigenvalue weighted by Crippen LogP contribution is -2.31. The summed E-state index contributed by atoms with van der Waals surface area (Å²) in [5.74, 6) is 1.28. The molecule has 1 fully saturated rings. The van der Waals surface area contributed by atoms with E-state index in [2.05, 4.69) is 10.1 Å². The van der Waals surface area contributed by atoms with E-state index in [1.54, 1.807) is 24.9 Å². The van der Waals surface area contributed by atoms with Crippen molar-refractivity contribution >= 4 is 16.8 Å². The molecule has 3 aromatic rings. The maximum absolute atomic E-state index is 12.7. The third kappa shape index (κ3) is 2.84. The summed E-state index contributed by atoms with van der Waals surface area (Å²) in [6.45, 7) is 4.76. The molecule has 1 saturated heterocycles. The molecule has 2 aromatic heterocycles. The van der Waals surface area contributed by atoms with Gasteiger partial charge in [0.1, 0.15) is 28.7 Å².